The molecule has 0 aromatic carbocycles. The van der Waals surface area contributed by atoms with E-state index in [0.717, 1.165) is 11.8 Å². The second-order valence-corrected chi connectivity index (χ2v) is 4.60. The normalized spacial score (nSPS) is 39.4. The molecule has 0 amide bonds. The van der Waals surface area contributed by atoms with Crippen LogP contribution in [-0.4, -0.2) is 36.6 Å². The molecule has 0 radical (unpaired) electrons. The van der Waals surface area contributed by atoms with Crippen molar-refractivity contribution in [1.29, 1.82) is 0 Å². The van der Waals surface area contributed by atoms with E-state index in [1.807, 2.05) is 0 Å². The number of rotatable bonds is 2. The van der Waals surface area contributed by atoms with Crippen LogP contribution < -0.4 is 5.32 Å². The van der Waals surface area contributed by atoms with Gasteiger partial charge in [-0.15, -0.1) is 6.42 Å². The van der Waals surface area contributed by atoms with Crippen LogP contribution in [0.5, 0.6) is 0 Å². The maximum absolute atomic E-state index is 5.51. The molecule has 2 heterocycles. The van der Waals surface area contributed by atoms with Crippen molar-refractivity contribution in [3.63, 3.8) is 0 Å². The first-order valence-electron chi connectivity index (χ1n) is 5.70. The highest BCUT2D eigenvalue weighted by atomic mass is 15.2. The Balaban J connectivity index is 2.10. The topological polar surface area (TPSA) is 15.3 Å². The summed E-state index contributed by atoms with van der Waals surface area (Å²) in [5, 5.41) is 3.49. The molecular weight excluding hydrogens is 172 g/mol. The molecule has 0 aromatic rings. The van der Waals surface area contributed by atoms with Gasteiger partial charge in [0.1, 0.15) is 0 Å². The lowest BCUT2D eigenvalue weighted by Gasteiger charge is -2.29. The van der Waals surface area contributed by atoms with E-state index in [1.165, 1.54) is 26.1 Å². The Labute approximate surface area is 87.1 Å². The number of hydrogen-bond acceptors (Lipinski definition) is 2. The first-order valence-corrected chi connectivity index (χ1v) is 5.70. The third-order valence-electron chi connectivity index (χ3n) is 3.91. The minimum Gasteiger partial charge on any atom is -0.316 e. The largest absolute Gasteiger partial charge is 0.316 e. The SMILES string of the molecule is C#CC(C)N1CC2CNCC2C1CC. The Morgan fingerprint density at radius 1 is 1.57 bits per heavy atom. The predicted molar refractivity (Wildman–Crippen MR) is 58.9 cm³/mol. The number of likely N-dealkylation sites (tertiary alicyclic amines) is 1. The summed E-state index contributed by atoms with van der Waals surface area (Å²) in [5.41, 5.74) is 0. The maximum atomic E-state index is 5.51. The predicted octanol–water partition coefficient (Wildman–Crippen LogP) is 0.938. The second kappa shape index (κ2) is 3.92. The first-order chi connectivity index (χ1) is 6.77. The van der Waals surface area contributed by atoms with Gasteiger partial charge in [0, 0.05) is 12.6 Å². The van der Waals surface area contributed by atoms with E-state index in [9.17, 15) is 0 Å². The van der Waals surface area contributed by atoms with Gasteiger partial charge >= 0.3 is 0 Å². The minimum absolute atomic E-state index is 0.311. The van der Waals surface area contributed by atoms with Crippen molar-refractivity contribution in [1.82, 2.24) is 10.2 Å². The lowest BCUT2D eigenvalue weighted by molar-refractivity contribution is 0.196. The molecule has 0 aromatic heterocycles. The summed E-state index contributed by atoms with van der Waals surface area (Å²) in [4.78, 5) is 2.52. The van der Waals surface area contributed by atoms with Crippen molar-refractivity contribution >= 4 is 0 Å². The molecule has 2 heteroatoms. The van der Waals surface area contributed by atoms with Gasteiger partial charge in [0.05, 0.1) is 6.04 Å². The number of nitrogens with one attached hydrogen (secondary N) is 1. The van der Waals surface area contributed by atoms with E-state index in [-0.39, 0.29) is 0 Å². The standard InChI is InChI=1S/C12H20N2/c1-4-9(3)14-8-10-6-13-7-11(10)12(14)5-2/h1,9-13H,5-8H2,2-3H3. The lowest BCUT2D eigenvalue weighted by Crippen LogP contribution is -2.40. The summed E-state index contributed by atoms with van der Waals surface area (Å²) in [6.07, 6.45) is 6.74. The van der Waals surface area contributed by atoms with Crippen LogP contribution in [0.25, 0.3) is 0 Å². The maximum Gasteiger partial charge on any atom is 0.0685 e. The van der Waals surface area contributed by atoms with Gasteiger partial charge in [-0.05, 0) is 38.3 Å². The Kier molecular flexibility index (Phi) is 2.80. The van der Waals surface area contributed by atoms with Gasteiger partial charge in [-0.1, -0.05) is 12.8 Å². The summed E-state index contributed by atoms with van der Waals surface area (Å²) in [7, 11) is 0. The summed E-state index contributed by atoms with van der Waals surface area (Å²) in [5.74, 6) is 4.55. The van der Waals surface area contributed by atoms with E-state index in [4.69, 9.17) is 6.42 Å². The molecule has 2 rings (SSSR count). The Morgan fingerprint density at radius 2 is 2.36 bits per heavy atom. The van der Waals surface area contributed by atoms with Gasteiger partial charge in [-0.25, -0.2) is 0 Å². The highest BCUT2D eigenvalue weighted by molar-refractivity contribution is 5.06. The molecule has 1 N–H and O–H groups in total. The number of terminal acetylenes is 1. The van der Waals surface area contributed by atoms with Crippen molar-refractivity contribution in [3.05, 3.63) is 0 Å². The van der Waals surface area contributed by atoms with Gasteiger partial charge in [0.15, 0.2) is 0 Å². The molecule has 14 heavy (non-hydrogen) atoms. The molecule has 78 valence electrons. The van der Waals surface area contributed by atoms with E-state index in [1.54, 1.807) is 0 Å². The average molecular weight is 192 g/mol. The van der Waals surface area contributed by atoms with E-state index in [2.05, 4.69) is 30.0 Å². The zero-order valence-corrected chi connectivity index (χ0v) is 9.16. The fourth-order valence-electron chi connectivity index (χ4n) is 3.13. The summed E-state index contributed by atoms with van der Waals surface area (Å²) >= 11 is 0. The number of fused-ring (bicyclic) bond motifs is 1. The van der Waals surface area contributed by atoms with Crippen LogP contribution in [0.15, 0.2) is 0 Å². The van der Waals surface area contributed by atoms with Crippen molar-refractivity contribution in [2.24, 2.45) is 11.8 Å². The molecule has 4 atom stereocenters. The fraction of sp³-hybridized carbons (Fsp3) is 0.833. The molecule has 2 aliphatic rings. The summed E-state index contributed by atoms with van der Waals surface area (Å²) < 4.78 is 0. The van der Waals surface area contributed by atoms with E-state index < -0.39 is 0 Å². The van der Waals surface area contributed by atoms with Gasteiger partial charge in [-0.2, -0.15) is 0 Å². The molecule has 2 nitrogen and oxygen atoms in total. The van der Waals surface area contributed by atoms with E-state index >= 15 is 0 Å². The molecule has 0 bridgehead atoms. The first kappa shape index (κ1) is 10.0. The van der Waals surface area contributed by atoms with Crippen LogP contribution in [0, 0.1) is 24.2 Å². The molecule has 2 saturated heterocycles. The summed E-state index contributed by atoms with van der Waals surface area (Å²) in [6, 6.07) is 1.02. The Morgan fingerprint density at radius 3 is 3.00 bits per heavy atom. The average Bonchev–Trinajstić information content (AvgIpc) is 2.74. The number of hydrogen-bond donors (Lipinski definition) is 1. The van der Waals surface area contributed by atoms with Crippen molar-refractivity contribution in [2.75, 3.05) is 19.6 Å². The van der Waals surface area contributed by atoms with Crippen molar-refractivity contribution in [2.45, 2.75) is 32.4 Å². The number of nitrogens with zero attached hydrogens (tertiary/aromatic N) is 1. The highest BCUT2D eigenvalue weighted by Gasteiger charge is 2.44. The quantitative estimate of drug-likeness (QED) is 0.655. The van der Waals surface area contributed by atoms with Crippen molar-refractivity contribution in [3.8, 4) is 12.3 Å². The van der Waals surface area contributed by atoms with Gasteiger partial charge in [0.25, 0.3) is 0 Å². The van der Waals surface area contributed by atoms with Crippen LogP contribution in [0.1, 0.15) is 20.3 Å². The summed E-state index contributed by atoms with van der Waals surface area (Å²) in [6.45, 7) is 8.01. The van der Waals surface area contributed by atoms with Crippen LogP contribution in [0.2, 0.25) is 0 Å². The van der Waals surface area contributed by atoms with Crippen LogP contribution in [0.3, 0.4) is 0 Å². The van der Waals surface area contributed by atoms with E-state index in [0.29, 0.717) is 12.1 Å². The molecule has 0 spiro atoms. The van der Waals surface area contributed by atoms with Crippen LogP contribution >= 0.6 is 0 Å². The fourth-order valence-corrected chi connectivity index (χ4v) is 3.13. The molecular formula is C12H20N2. The highest BCUT2D eigenvalue weighted by Crippen LogP contribution is 2.35. The lowest BCUT2D eigenvalue weighted by atomic mass is 9.93. The zero-order chi connectivity index (χ0) is 10.1. The molecule has 0 aliphatic carbocycles. The molecule has 2 aliphatic heterocycles. The van der Waals surface area contributed by atoms with Crippen molar-refractivity contribution < 1.29 is 0 Å². The third-order valence-corrected chi connectivity index (χ3v) is 3.91. The third kappa shape index (κ3) is 1.45. The minimum atomic E-state index is 0.311. The zero-order valence-electron chi connectivity index (χ0n) is 9.16. The Hall–Kier alpha value is -0.520. The van der Waals surface area contributed by atoms with Gasteiger partial charge in [-0.3, -0.25) is 4.90 Å². The molecule has 2 fully saturated rings. The molecule has 4 unspecified atom stereocenters. The Bertz CT molecular complexity index is 243. The smallest absolute Gasteiger partial charge is 0.0685 e. The molecule has 0 saturated carbocycles. The monoisotopic (exact) mass is 192 g/mol. The van der Waals surface area contributed by atoms with Gasteiger partial charge in [0.2, 0.25) is 0 Å². The van der Waals surface area contributed by atoms with Crippen LogP contribution in [-0.2, 0) is 0 Å². The van der Waals surface area contributed by atoms with Gasteiger partial charge < -0.3 is 5.32 Å². The van der Waals surface area contributed by atoms with Crippen LogP contribution in [0.4, 0.5) is 0 Å². The second-order valence-electron chi connectivity index (χ2n) is 4.60.